The van der Waals surface area contributed by atoms with Crippen molar-refractivity contribution < 1.29 is 14.3 Å². The maximum atomic E-state index is 11.2. The van der Waals surface area contributed by atoms with Gasteiger partial charge in [-0.2, -0.15) is 0 Å². The average Bonchev–Trinajstić information content (AvgIpc) is 2.85. The van der Waals surface area contributed by atoms with Crippen LogP contribution in [-0.2, 0) is 22.6 Å². The Morgan fingerprint density at radius 1 is 1.00 bits per heavy atom. The highest BCUT2D eigenvalue weighted by molar-refractivity contribution is 9.09. The standard InChI is InChI=1S/C28H37BrO3/c1-31-28(30)14-8-6-12-26(29)20-19-25-11-5-7-13-27(25)32-21-22-15-17-24(18-16-22)23-9-3-2-4-10-23/h5,7,11,13,15-18,23,26H,2-4,6,8-10,12,14,19-21H2,1H3. The second-order valence-electron chi connectivity index (χ2n) is 8.93. The molecule has 0 aromatic heterocycles. The van der Waals surface area contributed by atoms with Crippen LogP contribution in [-0.4, -0.2) is 17.9 Å². The lowest BCUT2D eigenvalue weighted by Gasteiger charge is -2.22. The fourth-order valence-electron chi connectivity index (χ4n) is 4.53. The SMILES string of the molecule is COC(=O)CCCCC(Br)CCc1ccccc1OCc1ccc(C2CCCCC2)cc1. The van der Waals surface area contributed by atoms with Gasteiger partial charge in [0.15, 0.2) is 0 Å². The van der Waals surface area contributed by atoms with Gasteiger partial charge in [0.05, 0.1) is 7.11 Å². The third kappa shape index (κ3) is 8.27. The molecule has 0 radical (unpaired) electrons. The molecule has 0 aliphatic heterocycles. The van der Waals surface area contributed by atoms with Gasteiger partial charge in [0.25, 0.3) is 0 Å². The van der Waals surface area contributed by atoms with Crippen molar-refractivity contribution in [2.24, 2.45) is 0 Å². The Morgan fingerprint density at radius 2 is 1.75 bits per heavy atom. The summed E-state index contributed by atoms with van der Waals surface area (Å²) in [6.07, 6.45) is 12.3. The minimum atomic E-state index is -0.120. The van der Waals surface area contributed by atoms with E-state index in [4.69, 9.17) is 9.47 Å². The first-order chi connectivity index (χ1) is 15.7. The van der Waals surface area contributed by atoms with Gasteiger partial charge >= 0.3 is 5.97 Å². The van der Waals surface area contributed by atoms with E-state index in [2.05, 4.69) is 58.4 Å². The molecule has 2 aromatic carbocycles. The van der Waals surface area contributed by atoms with Gasteiger partial charge in [0.1, 0.15) is 12.4 Å². The summed E-state index contributed by atoms with van der Waals surface area (Å²) in [4.78, 5) is 11.7. The van der Waals surface area contributed by atoms with Crippen LogP contribution in [0.15, 0.2) is 48.5 Å². The van der Waals surface area contributed by atoms with Gasteiger partial charge in [-0.25, -0.2) is 0 Å². The first kappa shape index (κ1) is 24.8. The number of aryl methyl sites for hydroxylation is 1. The summed E-state index contributed by atoms with van der Waals surface area (Å²) in [6.45, 7) is 0.604. The fraction of sp³-hybridized carbons (Fsp3) is 0.536. The van der Waals surface area contributed by atoms with Crippen molar-refractivity contribution in [1.82, 2.24) is 0 Å². The molecule has 0 N–H and O–H groups in total. The summed E-state index contributed by atoms with van der Waals surface area (Å²) >= 11 is 3.80. The van der Waals surface area contributed by atoms with Gasteiger partial charge in [-0.1, -0.05) is 84.1 Å². The first-order valence-corrected chi connectivity index (χ1v) is 13.1. The number of para-hydroxylation sites is 1. The molecular weight excluding hydrogens is 464 g/mol. The molecule has 2 aromatic rings. The Balaban J connectivity index is 1.44. The summed E-state index contributed by atoms with van der Waals surface area (Å²) in [6, 6.07) is 17.4. The molecule has 0 saturated heterocycles. The van der Waals surface area contributed by atoms with Crippen molar-refractivity contribution in [3.8, 4) is 5.75 Å². The average molecular weight is 502 g/mol. The smallest absolute Gasteiger partial charge is 0.305 e. The van der Waals surface area contributed by atoms with Crippen LogP contribution >= 0.6 is 15.9 Å². The lowest BCUT2D eigenvalue weighted by Crippen LogP contribution is -2.05. The number of alkyl halides is 1. The van der Waals surface area contributed by atoms with Crippen molar-refractivity contribution in [3.63, 3.8) is 0 Å². The second-order valence-corrected chi connectivity index (χ2v) is 10.2. The molecule has 0 bridgehead atoms. The molecule has 3 nitrogen and oxygen atoms in total. The Bertz CT molecular complexity index is 812. The Hall–Kier alpha value is -1.81. The quantitative estimate of drug-likeness (QED) is 0.170. The Morgan fingerprint density at radius 3 is 2.50 bits per heavy atom. The molecule has 4 heteroatoms. The molecule has 3 rings (SSSR count). The lowest BCUT2D eigenvalue weighted by atomic mass is 9.84. The molecule has 1 saturated carbocycles. The summed E-state index contributed by atoms with van der Waals surface area (Å²) in [5.74, 6) is 1.61. The Kier molecular flexibility index (Phi) is 10.6. The van der Waals surface area contributed by atoms with E-state index >= 15 is 0 Å². The monoisotopic (exact) mass is 500 g/mol. The zero-order chi connectivity index (χ0) is 22.6. The number of ether oxygens (including phenoxy) is 2. The van der Waals surface area contributed by atoms with Crippen LogP contribution < -0.4 is 4.74 Å². The van der Waals surface area contributed by atoms with Gasteiger partial charge < -0.3 is 9.47 Å². The highest BCUT2D eigenvalue weighted by atomic mass is 79.9. The highest BCUT2D eigenvalue weighted by Crippen LogP contribution is 2.32. The first-order valence-electron chi connectivity index (χ1n) is 12.2. The van der Waals surface area contributed by atoms with Gasteiger partial charge in [0, 0.05) is 11.2 Å². The highest BCUT2D eigenvalue weighted by Gasteiger charge is 2.15. The van der Waals surface area contributed by atoms with Crippen molar-refractivity contribution in [3.05, 3.63) is 65.2 Å². The number of carbonyl (C=O) groups excluding carboxylic acids is 1. The number of halogens is 1. The third-order valence-electron chi connectivity index (χ3n) is 6.53. The van der Waals surface area contributed by atoms with Gasteiger partial charge in [-0.15, -0.1) is 0 Å². The second kappa shape index (κ2) is 13.7. The maximum absolute atomic E-state index is 11.2. The van der Waals surface area contributed by atoms with Crippen LogP contribution in [0.4, 0.5) is 0 Å². The van der Waals surface area contributed by atoms with E-state index < -0.39 is 0 Å². The van der Waals surface area contributed by atoms with Crippen molar-refractivity contribution in [2.45, 2.75) is 88.0 Å². The van der Waals surface area contributed by atoms with Crippen LogP contribution in [0.2, 0.25) is 0 Å². The lowest BCUT2D eigenvalue weighted by molar-refractivity contribution is -0.140. The summed E-state index contributed by atoms with van der Waals surface area (Å²) < 4.78 is 10.9. The summed E-state index contributed by atoms with van der Waals surface area (Å²) in [5, 5.41) is 0. The van der Waals surface area contributed by atoms with Crippen molar-refractivity contribution >= 4 is 21.9 Å². The van der Waals surface area contributed by atoms with Gasteiger partial charge in [-0.05, 0) is 67.2 Å². The zero-order valence-corrected chi connectivity index (χ0v) is 20.9. The third-order valence-corrected chi connectivity index (χ3v) is 7.44. The number of hydrogen-bond acceptors (Lipinski definition) is 3. The van der Waals surface area contributed by atoms with Crippen LogP contribution in [0.1, 0.15) is 86.8 Å². The molecule has 1 aliphatic carbocycles. The van der Waals surface area contributed by atoms with E-state index in [1.807, 2.05) is 6.07 Å². The van der Waals surface area contributed by atoms with E-state index in [1.54, 1.807) is 0 Å². The van der Waals surface area contributed by atoms with E-state index in [0.29, 0.717) is 17.9 Å². The molecule has 1 fully saturated rings. The van der Waals surface area contributed by atoms with Crippen molar-refractivity contribution in [2.75, 3.05) is 7.11 Å². The number of carbonyl (C=O) groups is 1. The molecule has 0 amide bonds. The summed E-state index contributed by atoms with van der Waals surface area (Å²) in [7, 11) is 1.45. The molecule has 0 heterocycles. The van der Waals surface area contributed by atoms with Crippen LogP contribution in [0, 0.1) is 0 Å². The predicted molar refractivity (Wildman–Crippen MR) is 135 cm³/mol. The molecular formula is C28H37BrO3. The number of methoxy groups -OCH3 is 1. The zero-order valence-electron chi connectivity index (χ0n) is 19.4. The minimum Gasteiger partial charge on any atom is -0.489 e. The molecule has 1 unspecified atom stereocenters. The fourth-order valence-corrected chi connectivity index (χ4v) is 5.08. The number of rotatable bonds is 12. The number of unbranched alkanes of at least 4 members (excludes halogenated alkanes) is 1. The van der Waals surface area contributed by atoms with Gasteiger partial charge in [0.2, 0.25) is 0 Å². The Labute approximate surface area is 202 Å². The van der Waals surface area contributed by atoms with Crippen LogP contribution in [0.3, 0.4) is 0 Å². The molecule has 1 atom stereocenters. The van der Waals surface area contributed by atoms with E-state index in [9.17, 15) is 4.79 Å². The largest absolute Gasteiger partial charge is 0.489 e. The molecule has 0 spiro atoms. The normalized spacial score (nSPS) is 15.3. The number of esters is 1. The van der Waals surface area contributed by atoms with Gasteiger partial charge in [-0.3, -0.25) is 4.79 Å². The van der Waals surface area contributed by atoms with E-state index in [0.717, 1.165) is 43.8 Å². The van der Waals surface area contributed by atoms with Crippen molar-refractivity contribution in [1.29, 1.82) is 0 Å². The maximum Gasteiger partial charge on any atom is 0.305 e. The molecule has 1 aliphatic rings. The topological polar surface area (TPSA) is 35.5 Å². The van der Waals surface area contributed by atoms with E-state index in [-0.39, 0.29) is 5.97 Å². The van der Waals surface area contributed by atoms with E-state index in [1.165, 1.54) is 55.9 Å². The molecule has 32 heavy (non-hydrogen) atoms. The predicted octanol–water partition coefficient (Wildman–Crippen LogP) is 7.74. The minimum absolute atomic E-state index is 0.120. The number of benzene rings is 2. The van der Waals surface area contributed by atoms with Crippen LogP contribution in [0.5, 0.6) is 5.75 Å². The molecule has 174 valence electrons. The number of hydrogen-bond donors (Lipinski definition) is 0. The van der Waals surface area contributed by atoms with Crippen LogP contribution in [0.25, 0.3) is 0 Å². The summed E-state index contributed by atoms with van der Waals surface area (Å²) in [5.41, 5.74) is 3.97.